The van der Waals surface area contributed by atoms with Crippen LogP contribution in [0.25, 0.3) is 0 Å². The van der Waals surface area contributed by atoms with Gasteiger partial charge in [0.15, 0.2) is 11.5 Å². The van der Waals surface area contributed by atoms with E-state index in [1.165, 1.54) is 14.2 Å². The van der Waals surface area contributed by atoms with Gasteiger partial charge in [0.25, 0.3) is 5.91 Å². The maximum absolute atomic E-state index is 12.3. The van der Waals surface area contributed by atoms with E-state index in [-0.39, 0.29) is 12.5 Å². The SMILES string of the molecule is COc1cccc(C(=O)NCC2(C(=O)O)CCC2)c1OC. The summed E-state index contributed by atoms with van der Waals surface area (Å²) in [6.07, 6.45) is 2.07. The van der Waals surface area contributed by atoms with Crippen molar-refractivity contribution in [3.63, 3.8) is 0 Å². The third-order valence-corrected chi connectivity index (χ3v) is 4.00. The minimum atomic E-state index is -0.855. The molecule has 0 aromatic heterocycles. The van der Waals surface area contributed by atoms with Crippen molar-refractivity contribution in [3.05, 3.63) is 23.8 Å². The lowest BCUT2D eigenvalue weighted by Crippen LogP contribution is -2.47. The second kappa shape index (κ2) is 6.03. The molecule has 1 aromatic carbocycles. The lowest BCUT2D eigenvalue weighted by Gasteiger charge is -2.37. The number of carbonyl (C=O) groups is 2. The highest BCUT2D eigenvalue weighted by atomic mass is 16.5. The Balaban J connectivity index is 2.12. The highest BCUT2D eigenvalue weighted by Crippen LogP contribution is 2.40. The van der Waals surface area contributed by atoms with Crippen molar-refractivity contribution in [2.75, 3.05) is 20.8 Å². The number of aliphatic carboxylic acids is 1. The maximum Gasteiger partial charge on any atom is 0.311 e. The number of para-hydroxylation sites is 1. The van der Waals surface area contributed by atoms with Crippen molar-refractivity contribution in [1.82, 2.24) is 5.32 Å². The number of carbonyl (C=O) groups excluding carboxylic acids is 1. The Morgan fingerprint density at radius 3 is 2.48 bits per heavy atom. The predicted molar refractivity (Wildman–Crippen MR) is 75.8 cm³/mol. The molecule has 1 fully saturated rings. The molecule has 1 saturated carbocycles. The molecule has 1 aliphatic carbocycles. The van der Waals surface area contributed by atoms with Crippen LogP contribution in [0.15, 0.2) is 18.2 Å². The van der Waals surface area contributed by atoms with Crippen LogP contribution in [0.5, 0.6) is 11.5 Å². The second-order valence-corrected chi connectivity index (χ2v) is 5.16. The van der Waals surface area contributed by atoms with Crippen molar-refractivity contribution in [2.24, 2.45) is 5.41 Å². The van der Waals surface area contributed by atoms with Crippen LogP contribution in [0, 0.1) is 5.41 Å². The topological polar surface area (TPSA) is 84.9 Å². The summed E-state index contributed by atoms with van der Waals surface area (Å²) in [5, 5.41) is 11.9. The normalized spacial score (nSPS) is 15.7. The lowest BCUT2D eigenvalue weighted by molar-refractivity contribution is -0.153. The van der Waals surface area contributed by atoms with Crippen LogP contribution in [-0.2, 0) is 4.79 Å². The first kappa shape index (κ1) is 15.2. The molecule has 2 rings (SSSR count). The van der Waals surface area contributed by atoms with E-state index in [0.29, 0.717) is 29.9 Å². The Hall–Kier alpha value is -2.24. The molecule has 0 bridgehead atoms. The molecule has 0 atom stereocenters. The van der Waals surface area contributed by atoms with Gasteiger partial charge < -0.3 is 19.9 Å². The number of carboxylic acids is 1. The van der Waals surface area contributed by atoms with Crippen LogP contribution in [0.2, 0.25) is 0 Å². The third-order valence-electron chi connectivity index (χ3n) is 4.00. The summed E-state index contributed by atoms with van der Waals surface area (Å²) in [7, 11) is 2.95. The van der Waals surface area contributed by atoms with Crippen molar-refractivity contribution >= 4 is 11.9 Å². The van der Waals surface area contributed by atoms with Crippen LogP contribution in [-0.4, -0.2) is 37.7 Å². The fourth-order valence-corrected chi connectivity index (χ4v) is 2.48. The maximum atomic E-state index is 12.3. The smallest absolute Gasteiger partial charge is 0.311 e. The van der Waals surface area contributed by atoms with E-state index in [1.807, 2.05) is 0 Å². The van der Waals surface area contributed by atoms with Gasteiger partial charge in [-0.3, -0.25) is 9.59 Å². The Morgan fingerprint density at radius 2 is 2.00 bits per heavy atom. The van der Waals surface area contributed by atoms with Gasteiger partial charge in [0, 0.05) is 6.54 Å². The Labute approximate surface area is 123 Å². The fraction of sp³-hybridized carbons (Fsp3) is 0.467. The molecule has 21 heavy (non-hydrogen) atoms. The quantitative estimate of drug-likeness (QED) is 0.833. The summed E-state index contributed by atoms with van der Waals surface area (Å²) in [5.41, 5.74) is -0.487. The number of carboxylic acid groups (broad SMARTS) is 1. The molecule has 2 N–H and O–H groups in total. The van der Waals surface area contributed by atoms with Gasteiger partial charge >= 0.3 is 5.97 Å². The van der Waals surface area contributed by atoms with Crippen LogP contribution in [0.1, 0.15) is 29.6 Å². The average Bonchev–Trinajstić information content (AvgIpc) is 2.44. The minimum absolute atomic E-state index is 0.127. The van der Waals surface area contributed by atoms with Gasteiger partial charge in [0.05, 0.1) is 25.2 Å². The Morgan fingerprint density at radius 1 is 1.29 bits per heavy atom. The summed E-state index contributed by atoms with van der Waals surface area (Å²) in [6.45, 7) is 0.127. The summed E-state index contributed by atoms with van der Waals surface area (Å²) in [6, 6.07) is 5.00. The van der Waals surface area contributed by atoms with Gasteiger partial charge in [0.2, 0.25) is 0 Å². The van der Waals surface area contributed by atoms with Crippen molar-refractivity contribution in [1.29, 1.82) is 0 Å². The van der Waals surface area contributed by atoms with E-state index >= 15 is 0 Å². The van der Waals surface area contributed by atoms with E-state index in [4.69, 9.17) is 9.47 Å². The monoisotopic (exact) mass is 293 g/mol. The van der Waals surface area contributed by atoms with Crippen LogP contribution in [0.3, 0.4) is 0 Å². The van der Waals surface area contributed by atoms with E-state index in [2.05, 4.69) is 5.32 Å². The van der Waals surface area contributed by atoms with Gasteiger partial charge in [-0.25, -0.2) is 0 Å². The molecule has 1 amide bonds. The molecule has 0 unspecified atom stereocenters. The zero-order chi connectivity index (χ0) is 15.5. The molecule has 114 valence electrons. The van der Waals surface area contributed by atoms with Crippen molar-refractivity contribution < 1.29 is 24.2 Å². The largest absolute Gasteiger partial charge is 0.493 e. The summed E-state index contributed by atoms with van der Waals surface area (Å²) in [5.74, 6) is -0.415. The number of nitrogens with one attached hydrogen (secondary N) is 1. The Bertz CT molecular complexity index is 551. The summed E-state index contributed by atoms with van der Waals surface area (Å²) >= 11 is 0. The summed E-state index contributed by atoms with van der Waals surface area (Å²) < 4.78 is 10.3. The molecule has 1 aromatic rings. The number of ether oxygens (including phenoxy) is 2. The first-order valence-corrected chi connectivity index (χ1v) is 6.76. The number of methoxy groups -OCH3 is 2. The van der Waals surface area contributed by atoms with Crippen LogP contribution < -0.4 is 14.8 Å². The van der Waals surface area contributed by atoms with E-state index in [9.17, 15) is 14.7 Å². The first-order chi connectivity index (χ1) is 10.0. The van der Waals surface area contributed by atoms with E-state index in [0.717, 1.165) is 6.42 Å². The molecular formula is C15H19NO5. The molecule has 0 heterocycles. The standard InChI is InChI=1S/C15H19NO5/c1-20-11-6-3-5-10(12(11)21-2)13(17)16-9-15(14(18)19)7-4-8-15/h3,5-6H,4,7-9H2,1-2H3,(H,16,17)(H,18,19). The molecular weight excluding hydrogens is 274 g/mol. The highest BCUT2D eigenvalue weighted by Gasteiger charge is 2.44. The first-order valence-electron chi connectivity index (χ1n) is 6.76. The van der Waals surface area contributed by atoms with Crippen LogP contribution in [0.4, 0.5) is 0 Å². The Kier molecular flexibility index (Phi) is 4.35. The highest BCUT2D eigenvalue weighted by molar-refractivity contribution is 5.98. The molecule has 0 radical (unpaired) electrons. The number of hydrogen-bond acceptors (Lipinski definition) is 4. The van der Waals surface area contributed by atoms with Gasteiger partial charge in [-0.2, -0.15) is 0 Å². The van der Waals surface area contributed by atoms with E-state index < -0.39 is 11.4 Å². The lowest BCUT2D eigenvalue weighted by atomic mass is 9.69. The molecule has 6 nitrogen and oxygen atoms in total. The number of hydrogen-bond donors (Lipinski definition) is 2. The van der Waals surface area contributed by atoms with Crippen molar-refractivity contribution in [3.8, 4) is 11.5 Å². The third kappa shape index (κ3) is 2.79. The number of rotatable bonds is 6. The van der Waals surface area contributed by atoms with Gasteiger partial charge in [-0.05, 0) is 25.0 Å². The zero-order valence-corrected chi connectivity index (χ0v) is 12.1. The van der Waals surface area contributed by atoms with Gasteiger partial charge in [-0.15, -0.1) is 0 Å². The zero-order valence-electron chi connectivity index (χ0n) is 12.1. The minimum Gasteiger partial charge on any atom is -0.493 e. The van der Waals surface area contributed by atoms with Crippen molar-refractivity contribution in [2.45, 2.75) is 19.3 Å². The van der Waals surface area contributed by atoms with Gasteiger partial charge in [0.1, 0.15) is 0 Å². The number of amides is 1. The van der Waals surface area contributed by atoms with Gasteiger partial charge in [-0.1, -0.05) is 12.5 Å². The number of benzene rings is 1. The van der Waals surface area contributed by atoms with Crippen LogP contribution >= 0.6 is 0 Å². The summed E-state index contributed by atoms with van der Waals surface area (Å²) in [4.78, 5) is 23.5. The molecule has 0 saturated heterocycles. The fourth-order valence-electron chi connectivity index (χ4n) is 2.48. The second-order valence-electron chi connectivity index (χ2n) is 5.16. The predicted octanol–water partition coefficient (Wildman–Crippen LogP) is 1.69. The molecule has 1 aliphatic rings. The average molecular weight is 293 g/mol. The molecule has 0 aliphatic heterocycles. The molecule has 6 heteroatoms. The molecule has 0 spiro atoms. The van der Waals surface area contributed by atoms with E-state index in [1.54, 1.807) is 18.2 Å².